The van der Waals surface area contributed by atoms with E-state index >= 15 is 0 Å². The largest absolute Gasteiger partial charge is 0.396 e. The second-order valence-corrected chi connectivity index (χ2v) is 5.04. The number of nitrogen functional groups attached to an aromatic ring is 1. The predicted molar refractivity (Wildman–Crippen MR) is 69.8 cm³/mol. The summed E-state index contributed by atoms with van der Waals surface area (Å²) in [4.78, 5) is 4.96. The zero-order valence-corrected chi connectivity index (χ0v) is 10.8. The standard InChI is InChI=1S/C12H23N5/c1-11-9-15(2)4-3-5-16(11)6-7-17-10-12(13)8-14-17/h8,10-11H,3-7,9,13H2,1-2H3. The Bertz CT molecular complexity index is 348. The molecule has 5 nitrogen and oxygen atoms in total. The molecular weight excluding hydrogens is 214 g/mol. The van der Waals surface area contributed by atoms with Crippen LogP contribution in [0.2, 0.25) is 0 Å². The van der Waals surface area contributed by atoms with Gasteiger partial charge in [0.15, 0.2) is 0 Å². The van der Waals surface area contributed by atoms with E-state index in [0.29, 0.717) is 6.04 Å². The summed E-state index contributed by atoms with van der Waals surface area (Å²) in [6, 6.07) is 0.621. The van der Waals surface area contributed by atoms with Gasteiger partial charge in [-0.15, -0.1) is 0 Å². The Labute approximate surface area is 103 Å². The molecule has 2 rings (SSSR count). The molecule has 0 spiro atoms. The Morgan fingerprint density at radius 2 is 2.24 bits per heavy atom. The summed E-state index contributed by atoms with van der Waals surface area (Å²) in [6.45, 7) is 7.82. The van der Waals surface area contributed by atoms with E-state index in [9.17, 15) is 0 Å². The lowest BCUT2D eigenvalue weighted by molar-refractivity contribution is 0.193. The van der Waals surface area contributed by atoms with Crippen LogP contribution in [-0.2, 0) is 6.54 Å². The van der Waals surface area contributed by atoms with Gasteiger partial charge in [-0.2, -0.15) is 5.10 Å². The maximum absolute atomic E-state index is 5.65. The summed E-state index contributed by atoms with van der Waals surface area (Å²) in [6.07, 6.45) is 4.86. The van der Waals surface area contributed by atoms with Crippen molar-refractivity contribution in [2.45, 2.75) is 25.9 Å². The van der Waals surface area contributed by atoms with Gasteiger partial charge in [0, 0.05) is 25.3 Å². The average Bonchev–Trinajstić information content (AvgIpc) is 2.61. The van der Waals surface area contributed by atoms with E-state index in [2.05, 4.69) is 28.9 Å². The molecule has 1 saturated heterocycles. The van der Waals surface area contributed by atoms with Crippen molar-refractivity contribution in [2.24, 2.45) is 0 Å². The highest BCUT2D eigenvalue weighted by Crippen LogP contribution is 2.08. The Kier molecular flexibility index (Phi) is 4.02. The van der Waals surface area contributed by atoms with Crippen LogP contribution in [0.15, 0.2) is 12.4 Å². The number of rotatable bonds is 3. The summed E-state index contributed by atoms with van der Waals surface area (Å²) in [5.74, 6) is 0. The van der Waals surface area contributed by atoms with Gasteiger partial charge in [-0.1, -0.05) is 0 Å². The number of hydrogen-bond donors (Lipinski definition) is 1. The maximum atomic E-state index is 5.65. The van der Waals surface area contributed by atoms with Gasteiger partial charge in [-0.05, 0) is 33.5 Å². The molecule has 96 valence electrons. The van der Waals surface area contributed by atoms with Crippen molar-refractivity contribution in [3.05, 3.63) is 12.4 Å². The van der Waals surface area contributed by atoms with Crippen LogP contribution in [0.3, 0.4) is 0 Å². The van der Waals surface area contributed by atoms with E-state index < -0.39 is 0 Å². The second-order valence-electron chi connectivity index (χ2n) is 5.04. The molecule has 0 aromatic carbocycles. The Morgan fingerprint density at radius 1 is 1.41 bits per heavy atom. The van der Waals surface area contributed by atoms with Crippen LogP contribution in [0.25, 0.3) is 0 Å². The first kappa shape index (κ1) is 12.4. The first-order chi connectivity index (χ1) is 8.15. The maximum Gasteiger partial charge on any atom is 0.0719 e. The minimum atomic E-state index is 0.621. The van der Waals surface area contributed by atoms with E-state index in [1.807, 2.05) is 10.9 Å². The summed E-state index contributed by atoms with van der Waals surface area (Å²) in [5, 5.41) is 4.22. The minimum Gasteiger partial charge on any atom is -0.396 e. The quantitative estimate of drug-likeness (QED) is 0.831. The van der Waals surface area contributed by atoms with Crippen LogP contribution in [0.4, 0.5) is 5.69 Å². The molecule has 1 atom stereocenters. The molecule has 1 unspecified atom stereocenters. The fraction of sp³-hybridized carbons (Fsp3) is 0.750. The molecule has 1 aromatic heterocycles. The number of anilines is 1. The molecule has 0 bridgehead atoms. The number of likely N-dealkylation sites (N-methyl/N-ethyl adjacent to an activating group) is 1. The van der Waals surface area contributed by atoms with E-state index in [4.69, 9.17) is 5.73 Å². The normalized spacial score (nSPS) is 23.8. The molecular formula is C12H23N5. The first-order valence-electron chi connectivity index (χ1n) is 6.35. The first-order valence-corrected chi connectivity index (χ1v) is 6.35. The van der Waals surface area contributed by atoms with Crippen molar-refractivity contribution >= 4 is 5.69 Å². The summed E-state index contributed by atoms with van der Waals surface area (Å²) >= 11 is 0. The second kappa shape index (κ2) is 5.51. The Balaban J connectivity index is 1.85. The van der Waals surface area contributed by atoms with E-state index in [1.165, 1.54) is 19.5 Å². The smallest absolute Gasteiger partial charge is 0.0719 e. The van der Waals surface area contributed by atoms with Gasteiger partial charge in [0.2, 0.25) is 0 Å². The van der Waals surface area contributed by atoms with Crippen molar-refractivity contribution < 1.29 is 0 Å². The molecule has 1 aliphatic rings. The molecule has 5 heteroatoms. The van der Waals surface area contributed by atoms with Crippen molar-refractivity contribution in [1.82, 2.24) is 19.6 Å². The van der Waals surface area contributed by atoms with Crippen molar-refractivity contribution in [2.75, 3.05) is 39.0 Å². The van der Waals surface area contributed by atoms with Crippen molar-refractivity contribution in [3.8, 4) is 0 Å². The van der Waals surface area contributed by atoms with E-state index in [-0.39, 0.29) is 0 Å². The van der Waals surface area contributed by atoms with Crippen LogP contribution in [0.1, 0.15) is 13.3 Å². The van der Waals surface area contributed by atoms with Gasteiger partial charge < -0.3 is 10.6 Å². The topological polar surface area (TPSA) is 50.3 Å². The lowest BCUT2D eigenvalue weighted by atomic mass is 10.2. The average molecular weight is 237 g/mol. The molecule has 2 heterocycles. The fourth-order valence-electron chi connectivity index (χ4n) is 2.49. The highest BCUT2D eigenvalue weighted by atomic mass is 15.3. The molecule has 17 heavy (non-hydrogen) atoms. The fourth-order valence-corrected chi connectivity index (χ4v) is 2.49. The molecule has 1 aromatic rings. The lowest BCUT2D eigenvalue weighted by Gasteiger charge is -2.27. The molecule has 0 amide bonds. The molecule has 0 saturated carbocycles. The molecule has 2 N–H and O–H groups in total. The minimum absolute atomic E-state index is 0.621. The van der Waals surface area contributed by atoms with Crippen molar-refractivity contribution in [1.29, 1.82) is 0 Å². The zero-order chi connectivity index (χ0) is 12.3. The zero-order valence-electron chi connectivity index (χ0n) is 10.8. The van der Waals surface area contributed by atoms with E-state index in [0.717, 1.165) is 25.3 Å². The van der Waals surface area contributed by atoms with Gasteiger partial charge in [0.1, 0.15) is 0 Å². The lowest BCUT2D eigenvalue weighted by Crippen LogP contribution is -2.39. The number of aromatic nitrogens is 2. The third-order valence-corrected chi connectivity index (χ3v) is 3.45. The number of nitrogens with zero attached hydrogens (tertiary/aromatic N) is 4. The SMILES string of the molecule is CC1CN(C)CCCN1CCn1cc(N)cn1. The number of hydrogen-bond acceptors (Lipinski definition) is 4. The van der Waals surface area contributed by atoms with Crippen LogP contribution < -0.4 is 5.73 Å². The van der Waals surface area contributed by atoms with Crippen LogP contribution in [0.5, 0.6) is 0 Å². The van der Waals surface area contributed by atoms with Gasteiger partial charge in [-0.3, -0.25) is 9.58 Å². The predicted octanol–water partition coefficient (Wildman–Crippen LogP) is 0.491. The molecule has 0 radical (unpaired) electrons. The third-order valence-electron chi connectivity index (χ3n) is 3.45. The third kappa shape index (κ3) is 3.44. The Morgan fingerprint density at radius 3 is 2.94 bits per heavy atom. The van der Waals surface area contributed by atoms with Crippen LogP contribution in [0, 0.1) is 0 Å². The highest BCUT2D eigenvalue weighted by Gasteiger charge is 2.18. The van der Waals surface area contributed by atoms with E-state index in [1.54, 1.807) is 6.20 Å². The van der Waals surface area contributed by atoms with Gasteiger partial charge >= 0.3 is 0 Å². The monoisotopic (exact) mass is 237 g/mol. The molecule has 0 aliphatic carbocycles. The van der Waals surface area contributed by atoms with Crippen LogP contribution in [-0.4, -0.2) is 58.8 Å². The highest BCUT2D eigenvalue weighted by molar-refractivity contribution is 5.30. The van der Waals surface area contributed by atoms with Gasteiger partial charge in [0.25, 0.3) is 0 Å². The summed E-state index contributed by atoms with van der Waals surface area (Å²) < 4.78 is 1.93. The van der Waals surface area contributed by atoms with Crippen LogP contribution >= 0.6 is 0 Å². The van der Waals surface area contributed by atoms with Gasteiger partial charge in [-0.25, -0.2) is 0 Å². The molecule has 1 aliphatic heterocycles. The van der Waals surface area contributed by atoms with Gasteiger partial charge in [0.05, 0.1) is 18.4 Å². The summed E-state index contributed by atoms with van der Waals surface area (Å²) in [7, 11) is 2.20. The Hall–Kier alpha value is -1.07. The van der Waals surface area contributed by atoms with Crippen molar-refractivity contribution in [3.63, 3.8) is 0 Å². The molecule has 1 fully saturated rings. The number of nitrogens with two attached hydrogens (primary N) is 1. The summed E-state index contributed by atoms with van der Waals surface area (Å²) in [5.41, 5.74) is 6.40.